The van der Waals surface area contributed by atoms with Gasteiger partial charge in [0.05, 0.1) is 0 Å². The van der Waals surface area contributed by atoms with Crippen LogP contribution in [-0.4, -0.2) is 0 Å². The summed E-state index contributed by atoms with van der Waals surface area (Å²) in [5.74, 6) is 0. The molecule has 52 heavy (non-hydrogen) atoms. The van der Waals surface area contributed by atoms with Crippen molar-refractivity contribution in [3.63, 3.8) is 0 Å². The lowest BCUT2D eigenvalue weighted by Crippen LogP contribution is -1.91. The van der Waals surface area contributed by atoms with Crippen molar-refractivity contribution in [2.75, 3.05) is 0 Å². The zero-order chi connectivity index (χ0) is 33.9. The molecule has 0 atom stereocenters. The molecule has 0 amide bonds. The molecule has 0 aliphatic heterocycles. The second-order valence-electron chi connectivity index (χ2n) is 14.3. The molecule has 0 heterocycles. The summed E-state index contributed by atoms with van der Waals surface area (Å²) in [7, 11) is 0. The van der Waals surface area contributed by atoms with Crippen molar-refractivity contribution in [2.24, 2.45) is 0 Å². The van der Waals surface area contributed by atoms with Crippen LogP contribution in [0.4, 0.5) is 0 Å². The molecule has 0 nitrogen and oxygen atoms in total. The van der Waals surface area contributed by atoms with Crippen molar-refractivity contribution in [1.82, 2.24) is 0 Å². The lowest BCUT2D eigenvalue weighted by atomic mass is 9.84. The Balaban J connectivity index is 1.38. The summed E-state index contributed by atoms with van der Waals surface area (Å²) in [4.78, 5) is 0. The molecule has 0 saturated heterocycles. The van der Waals surface area contributed by atoms with Gasteiger partial charge in [-0.15, -0.1) is 0 Å². The number of hydrogen-bond donors (Lipinski definition) is 0. The number of hydrogen-bond acceptors (Lipinski definition) is 0. The van der Waals surface area contributed by atoms with E-state index >= 15 is 0 Å². The predicted molar refractivity (Wildman–Crippen MR) is 225 cm³/mol. The fraction of sp³-hybridized carbons (Fsp3) is 0. The minimum atomic E-state index is 1.24. The van der Waals surface area contributed by atoms with Gasteiger partial charge in [0.25, 0.3) is 0 Å². The van der Waals surface area contributed by atoms with Crippen LogP contribution in [0.5, 0.6) is 0 Å². The van der Waals surface area contributed by atoms with E-state index in [1.54, 1.807) is 0 Å². The Morgan fingerprint density at radius 1 is 0.192 bits per heavy atom. The maximum Gasteiger partial charge on any atom is -0.000697 e. The smallest absolute Gasteiger partial charge is 0.000697 e. The zero-order valence-corrected chi connectivity index (χ0v) is 28.3. The molecular formula is C52H30. The van der Waals surface area contributed by atoms with Gasteiger partial charge in [0.15, 0.2) is 0 Å². The Morgan fingerprint density at radius 2 is 0.692 bits per heavy atom. The quantitative estimate of drug-likeness (QED) is 0.166. The molecule has 0 aliphatic carbocycles. The van der Waals surface area contributed by atoms with Gasteiger partial charge in [0.1, 0.15) is 0 Å². The first kappa shape index (κ1) is 28.0. The molecule has 0 heteroatoms. The molecule has 0 spiro atoms. The largest absolute Gasteiger partial charge is 0.0622 e. The van der Waals surface area contributed by atoms with Crippen molar-refractivity contribution < 1.29 is 0 Å². The molecular weight excluding hydrogens is 625 g/mol. The topological polar surface area (TPSA) is 0 Å². The number of rotatable bonds is 3. The third kappa shape index (κ3) is 3.66. The van der Waals surface area contributed by atoms with Crippen LogP contribution in [0, 0.1) is 0 Å². The van der Waals surface area contributed by atoms with E-state index in [4.69, 9.17) is 0 Å². The second kappa shape index (κ2) is 10.4. The summed E-state index contributed by atoms with van der Waals surface area (Å²) >= 11 is 0. The maximum atomic E-state index is 2.52. The molecule has 0 N–H and O–H groups in total. The molecule has 12 aromatic rings. The minimum Gasteiger partial charge on any atom is -0.0622 e. The van der Waals surface area contributed by atoms with E-state index in [-0.39, 0.29) is 0 Å². The SMILES string of the molecule is c1ccc(-c2ccc3cc4c5c(-c6ccccc6)c6c(cc7c8ccccc8c8cccc6c87)c(-c6ccccc6)c5c5cccc(c3c2)c54)cc1. The van der Waals surface area contributed by atoms with E-state index in [2.05, 4.69) is 182 Å². The summed E-state index contributed by atoms with van der Waals surface area (Å²) in [6, 6.07) is 67.9. The highest BCUT2D eigenvalue weighted by Gasteiger charge is 2.26. The molecule has 0 radical (unpaired) electrons. The summed E-state index contributed by atoms with van der Waals surface area (Å²) in [5, 5.41) is 21.2. The Labute approximate surface area is 300 Å². The van der Waals surface area contributed by atoms with E-state index in [1.807, 2.05) is 0 Å². The van der Waals surface area contributed by atoms with E-state index in [9.17, 15) is 0 Å². The van der Waals surface area contributed by atoms with Gasteiger partial charge in [-0.05, 0) is 138 Å². The average molecular weight is 655 g/mol. The molecule has 12 aromatic carbocycles. The molecule has 0 bridgehead atoms. The molecule has 238 valence electrons. The molecule has 0 fully saturated rings. The van der Waals surface area contributed by atoms with Crippen LogP contribution in [-0.2, 0) is 0 Å². The fourth-order valence-corrected chi connectivity index (χ4v) is 9.61. The molecule has 0 aliphatic rings. The van der Waals surface area contributed by atoms with Gasteiger partial charge in [-0.25, -0.2) is 0 Å². The molecule has 0 unspecified atom stereocenters. The van der Waals surface area contributed by atoms with Crippen molar-refractivity contribution in [3.8, 4) is 33.4 Å². The summed E-state index contributed by atoms with van der Waals surface area (Å²) in [5.41, 5.74) is 7.62. The second-order valence-corrected chi connectivity index (χ2v) is 14.3. The van der Waals surface area contributed by atoms with Crippen LogP contribution in [0.25, 0.3) is 120 Å². The lowest BCUT2D eigenvalue weighted by Gasteiger charge is -2.19. The first-order valence-corrected chi connectivity index (χ1v) is 18.2. The van der Waals surface area contributed by atoms with Gasteiger partial charge < -0.3 is 0 Å². The van der Waals surface area contributed by atoms with Crippen molar-refractivity contribution in [3.05, 3.63) is 182 Å². The van der Waals surface area contributed by atoms with E-state index in [1.165, 1.54) is 120 Å². The predicted octanol–water partition coefficient (Wildman–Crippen LogP) is 14.8. The lowest BCUT2D eigenvalue weighted by molar-refractivity contribution is 1.65. The van der Waals surface area contributed by atoms with Gasteiger partial charge in [-0.1, -0.05) is 164 Å². The van der Waals surface area contributed by atoms with Crippen LogP contribution in [0.2, 0.25) is 0 Å². The number of benzene rings is 10. The molecule has 0 saturated carbocycles. The first-order chi connectivity index (χ1) is 25.8. The molecule has 12 rings (SSSR count). The van der Waals surface area contributed by atoms with Crippen LogP contribution in [0.15, 0.2) is 182 Å². The highest BCUT2D eigenvalue weighted by atomic mass is 14.3. The summed E-state index contributed by atoms with van der Waals surface area (Å²) < 4.78 is 0. The highest BCUT2D eigenvalue weighted by molar-refractivity contribution is 6.46. The normalized spacial score (nSPS) is 12.2. The van der Waals surface area contributed by atoms with Gasteiger partial charge >= 0.3 is 0 Å². The standard InChI is InChI=1S/C52H30/c1-4-14-31(15-5-1)34-26-27-35-29-44-49-39(42(35)28-34)23-13-25-41(49)51-46(32-16-6-2-7-17-32)45-30-43-37-21-11-10-20-36(37)38-22-12-24-40(48(38)43)50(45)47(52(44)51)33-18-8-3-9-19-33/h1-30H. The first-order valence-electron chi connectivity index (χ1n) is 18.2. The van der Waals surface area contributed by atoms with Crippen molar-refractivity contribution in [1.29, 1.82) is 0 Å². The van der Waals surface area contributed by atoms with E-state index in [0.29, 0.717) is 0 Å². The minimum absolute atomic E-state index is 1.24. The Morgan fingerprint density at radius 3 is 1.38 bits per heavy atom. The van der Waals surface area contributed by atoms with Gasteiger partial charge in [0, 0.05) is 0 Å². The maximum absolute atomic E-state index is 2.52. The van der Waals surface area contributed by atoms with Gasteiger partial charge in [-0.2, -0.15) is 0 Å². The Bertz CT molecular complexity index is 3360. The summed E-state index contributed by atoms with van der Waals surface area (Å²) in [6.07, 6.45) is 0. The average Bonchev–Trinajstić information content (AvgIpc) is 3.72. The highest BCUT2D eigenvalue weighted by Crippen LogP contribution is 2.55. The summed E-state index contributed by atoms with van der Waals surface area (Å²) in [6.45, 7) is 0. The Kier molecular flexibility index (Phi) is 5.59. The monoisotopic (exact) mass is 654 g/mol. The third-order valence-electron chi connectivity index (χ3n) is 11.7. The van der Waals surface area contributed by atoms with Crippen LogP contribution < -0.4 is 0 Å². The van der Waals surface area contributed by atoms with Gasteiger partial charge in [-0.3, -0.25) is 0 Å². The van der Waals surface area contributed by atoms with Crippen LogP contribution in [0.3, 0.4) is 0 Å². The fourth-order valence-electron chi connectivity index (χ4n) is 9.61. The number of fused-ring (bicyclic) bond motifs is 10. The van der Waals surface area contributed by atoms with Crippen LogP contribution >= 0.6 is 0 Å². The van der Waals surface area contributed by atoms with Gasteiger partial charge in [0.2, 0.25) is 0 Å². The Hall–Kier alpha value is -6.76. The van der Waals surface area contributed by atoms with E-state index < -0.39 is 0 Å². The van der Waals surface area contributed by atoms with Crippen LogP contribution in [0.1, 0.15) is 0 Å². The third-order valence-corrected chi connectivity index (χ3v) is 11.7. The zero-order valence-electron chi connectivity index (χ0n) is 28.3. The van der Waals surface area contributed by atoms with Crippen molar-refractivity contribution in [2.45, 2.75) is 0 Å². The van der Waals surface area contributed by atoms with E-state index in [0.717, 1.165) is 0 Å². The molecule has 0 aromatic heterocycles. The van der Waals surface area contributed by atoms with Crippen molar-refractivity contribution >= 4 is 86.2 Å².